The van der Waals surface area contributed by atoms with Crippen LogP contribution in [0.25, 0.3) is 0 Å². The molecule has 0 aliphatic carbocycles. The highest BCUT2D eigenvalue weighted by molar-refractivity contribution is 7.78. The molecule has 0 atom stereocenters. The molecule has 0 amide bonds. The number of thiocarbonyl (C=S) groups is 1. The number of rotatable bonds is 2. The maximum absolute atomic E-state index is 4.65. The van der Waals surface area contributed by atoms with Crippen LogP contribution in [0.15, 0.2) is 0 Å². The zero-order valence-corrected chi connectivity index (χ0v) is 5.83. The summed E-state index contributed by atoms with van der Waals surface area (Å²) in [5.74, 6) is 0. The summed E-state index contributed by atoms with van der Waals surface area (Å²) in [6.07, 6.45) is 0. The Morgan fingerprint density at radius 1 is 1.57 bits per heavy atom. The predicted molar refractivity (Wildman–Crippen MR) is 36.6 cm³/mol. The lowest BCUT2D eigenvalue weighted by molar-refractivity contribution is 0.435. The molecule has 0 radical (unpaired) electrons. The normalized spacial score (nSPS) is 9.14. The van der Waals surface area contributed by atoms with Gasteiger partial charge in [-0.3, -0.25) is 0 Å². The minimum atomic E-state index is 0.539. The van der Waals surface area contributed by atoms with Gasteiger partial charge in [0.2, 0.25) is 0 Å². The number of hydrogen-bond acceptors (Lipinski definition) is 1. The van der Waals surface area contributed by atoms with Crippen LogP contribution in [0, 0.1) is 0 Å². The summed E-state index contributed by atoms with van der Waals surface area (Å²) in [6.45, 7) is 4.20. The summed E-state index contributed by atoms with van der Waals surface area (Å²) in [5, 5.41) is 0. The maximum Gasteiger partial charge on any atom is 0.0640 e. The standard InChI is InChI=1S/C5H11NS/c1-5(2)6(3)4-7/h4-5H,1-3H3. The topological polar surface area (TPSA) is 3.24 Å². The summed E-state index contributed by atoms with van der Waals surface area (Å²) < 4.78 is 0. The molecule has 0 saturated heterocycles. The van der Waals surface area contributed by atoms with Crippen LogP contribution in [0.5, 0.6) is 0 Å². The SMILES string of the molecule is CC(C)N(C)C=S. The van der Waals surface area contributed by atoms with E-state index in [1.54, 1.807) is 5.49 Å². The van der Waals surface area contributed by atoms with Crippen molar-refractivity contribution in [2.75, 3.05) is 7.05 Å². The van der Waals surface area contributed by atoms with E-state index < -0.39 is 0 Å². The van der Waals surface area contributed by atoms with Gasteiger partial charge in [-0.25, -0.2) is 0 Å². The third kappa shape index (κ3) is 2.57. The molecule has 0 saturated carbocycles. The Kier molecular flexibility index (Phi) is 2.92. The van der Waals surface area contributed by atoms with E-state index in [9.17, 15) is 0 Å². The molecule has 0 fully saturated rings. The van der Waals surface area contributed by atoms with E-state index in [-0.39, 0.29) is 0 Å². The molecule has 0 aromatic rings. The fourth-order valence-electron chi connectivity index (χ4n) is 0.122. The first-order chi connectivity index (χ1) is 3.18. The van der Waals surface area contributed by atoms with Crippen LogP contribution in [0.2, 0.25) is 0 Å². The first-order valence-electron chi connectivity index (χ1n) is 2.35. The highest BCUT2D eigenvalue weighted by atomic mass is 32.1. The predicted octanol–water partition coefficient (Wildman–Crippen LogP) is 1.28. The zero-order valence-electron chi connectivity index (χ0n) is 5.01. The van der Waals surface area contributed by atoms with E-state index >= 15 is 0 Å². The lowest BCUT2D eigenvalue weighted by atomic mass is 10.4. The van der Waals surface area contributed by atoms with Crippen molar-refractivity contribution in [3.63, 3.8) is 0 Å². The molecule has 0 heterocycles. The molecule has 0 bridgehead atoms. The van der Waals surface area contributed by atoms with Crippen LogP contribution in [-0.2, 0) is 0 Å². The van der Waals surface area contributed by atoms with Crippen molar-refractivity contribution in [2.24, 2.45) is 0 Å². The van der Waals surface area contributed by atoms with Gasteiger partial charge >= 0.3 is 0 Å². The van der Waals surface area contributed by atoms with Crippen molar-refractivity contribution in [3.8, 4) is 0 Å². The molecule has 0 aromatic heterocycles. The summed E-state index contributed by atoms with van der Waals surface area (Å²) in [4.78, 5) is 1.98. The minimum Gasteiger partial charge on any atom is -0.369 e. The van der Waals surface area contributed by atoms with Crippen LogP contribution < -0.4 is 0 Å². The van der Waals surface area contributed by atoms with Gasteiger partial charge in [-0.2, -0.15) is 0 Å². The first kappa shape index (κ1) is 6.89. The second-order valence-electron chi connectivity index (χ2n) is 1.86. The quantitative estimate of drug-likeness (QED) is 0.501. The molecule has 0 unspecified atom stereocenters. The monoisotopic (exact) mass is 117 g/mol. The first-order valence-corrected chi connectivity index (χ1v) is 2.83. The second-order valence-corrected chi connectivity index (χ2v) is 2.08. The Morgan fingerprint density at radius 2 is 2.00 bits per heavy atom. The van der Waals surface area contributed by atoms with E-state index in [1.165, 1.54) is 0 Å². The van der Waals surface area contributed by atoms with Gasteiger partial charge in [0.05, 0.1) is 5.49 Å². The van der Waals surface area contributed by atoms with Crippen molar-refractivity contribution >= 4 is 17.7 Å². The Balaban J connectivity index is 3.33. The summed E-state index contributed by atoms with van der Waals surface area (Å²) in [6, 6.07) is 0.539. The molecular formula is C5H11NS. The average Bonchev–Trinajstić information content (AvgIpc) is 1.65. The molecular weight excluding hydrogens is 106 g/mol. The zero-order chi connectivity index (χ0) is 5.86. The van der Waals surface area contributed by atoms with Gasteiger partial charge in [0.15, 0.2) is 0 Å². The van der Waals surface area contributed by atoms with E-state index in [1.807, 2.05) is 11.9 Å². The molecule has 0 aliphatic rings. The molecule has 0 rings (SSSR count). The largest absolute Gasteiger partial charge is 0.369 e. The van der Waals surface area contributed by atoms with E-state index in [4.69, 9.17) is 0 Å². The van der Waals surface area contributed by atoms with Gasteiger partial charge in [-0.05, 0) is 13.8 Å². The minimum absolute atomic E-state index is 0.539. The highest BCUT2D eigenvalue weighted by Gasteiger charge is 1.92. The molecule has 0 aromatic carbocycles. The van der Waals surface area contributed by atoms with E-state index in [2.05, 4.69) is 26.1 Å². The molecule has 2 heteroatoms. The number of nitrogens with zero attached hydrogens (tertiary/aromatic N) is 1. The van der Waals surface area contributed by atoms with Crippen molar-refractivity contribution in [1.29, 1.82) is 0 Å². The van der Waals surface area contributed by atoms with Gasteiger partial charge < -0.3 is 4.90 Å². The average molecular weight is 117 g/mol. The smallest absolute Gasteiger partial charge is 0.0640 e. The van der Waals surface area contributed by atoms with Crippen molar-refractivity contribution in [2.45, 2.75) is 19.9 Å². The Hall–Kier alpha value is -0.110. The Labute approximate surface area is 50.3 Å². The van der Waals surface area contributed by atoms with Crippen molar-refractivity contribution < 1.29 is 0 Å². The molecule has 7 heavy (non-hydrogen) atoms. The van der Waals surface area contributed by atoms with E-state index in [0.29, 0.717) is 6.04 Å². The molecule has 42 valence electrons. The number of hydrogen-bond donors (Lipinski definition) is 0. The fraction of sp³-hybridized carbons (Fsp3) is 0.800. The van der Waals surface area contributed by atoms with Crippen LogP contribution in [0.1, 0.15) is 13.8 Å². The maximum atomic E-state index is 4.65. The fourth-order valence-corrected chi connectivity index (χ4v) is 0.365. The van der Waals surface area contributed by atoms with Gasteiger partial charge in [-0.1, -0.05) is 12.2 Å². The molecule has 0 aliphatic heterocycles. The van der Waals surface area contributed by atoms with Crippen LogP contribution in [0.3, 0.4) is 0 Å². The Morgan fingerprint density at radius 3 is 2.00 bits per heavy atom. The lowest BCUT2D eigenvalue weighted by Gasteiger charge is -2.15. The van der Waals surface area contributed by atoms with Crippen LogP contribution in [0.4, 0.5) is 0 Å². The van der Waals surface area contributed by atoms with Crippen molar-refractivity contribution in [3.05, 3.63) is 0 Å². The van der Waals surface area contributed by atoms with Crippen molar-refractivity contribution in [1.82, 2.24) is 4.90 Å². The van der Waals surface area contributed by atoms with Gasteiger partial charge in [0, 0.05) is 13.1 Å². The molecule has 1 nitrogen and oxygen atoms in total. The second kappa shape index (κ2) is 2.97. The Bertz CT molecular complexity index is 61.1. The summed E-state index contributed by atoms with van der Waals surface area (Å²) >= 11 is 4.65. The summed E-state index contributed by atoms with van der Waals surface area (Å²) in [5.41, 5.74) is 1.66. The summed E-state index contributed by atoms with van der Waals surface area (Å²) in [7, 11) is 1.97. The molecule has 0 spiro atoms. The third-order valence-electron chi connectivity index (χ3n) is 0.981. The van der Waals surface area contributed by atoms with E-state index in [0.717, 1.165) is 0 Å². The molecule has 0 N–H and O–H groups in total. The van der Waals surface area contributed by atoms with Gasteiger partial charge in [-0.15, -0.1) is 0 Å². The van der Waals surface area contributed by atoms with Gasteiger partial charge in [0.25, 0.3) is 0 Å². The van der Waals surface area contributed by atoms with Crippen LogP contribution in [-0.4, -0.2) is 23.5 Å². The third-order valence-corrected chi connectivity index (χ3v) is 1.31. The van der Waals surface area contributed by atoms with Gasteiger partial charge in [0.1, 0.15) is 0 Å². The van der Waals surface area contributed by atoms with Crippen LogP contribution >= 0.6 is 12.2 Å². The highest BCUT2D eigenvalue weighted by Crippen LogP contribution is 1.86. The lowest BCUT2D eigenvalue weighted by Crippen LogP contribution is -2.23.